The third-order valence-corrected chi connectivity index (χ3v) is 2.82. The molecule has 1 aromatic carbocycles. The summed E-state index contributed by atoms with van der Waals surface area (Å²) in [4.78, 5) is 20.4. The Labute approximate surface area is 129 Å². The molecule has 0 atom stereocenters. The monoisotopic (exact) mass is 313 g/mol. The lowest BCUT2D eigenvalue weighted by Gasteiger charge is -2.17. The number of ether oxygens (including phenoxy) is 1. The molecule has 0 amide bonds. The summed E-state index contributed by atoms with van der Waals surface area (Å²) < 4.78 is 5.08. The van der Waals surface area contributed by atoms with Crippen LogP contribution in [0.5, 0.6) is 11.5 Å². The maximum absolute atomic E-state index is 9.91. The van der Waals surface area contributed by atoms with Crippen molar-refractivity contribution in [2.24, 2.45) is 0 Å². The molecule has 0 heterocycles. The first kappa shape index (κ1) is 19.7. The van der Waals surface area contributed by atoms with E-state index in [2.05, 4.69) is 18.9 Å². The van der Waals surface area contributed by atoms with Crippen LogP contribution in [0.1, 0.15) is 25.3 Å². The number of aromatic hydroxyl groups is 1. The van der Waals surface area contributed by atoms with Gasteiger partial charge in [0.2, 0.25) is 0 Å². The highest BCUT2D eigenvalue weighted by atomic mass is 16.5. The zero-order chi connectivity index (χ0) is 17.1. The number of carboxylic acids is 2. The predicted octanol–water partition coefficient (Wildman–Crippen LogP) is 1.79. The lowest BCUT2D eigenvalue weighted by atomic mass is 10.1. The third kappa shape index (κ3) is 7.49. The van der Waals surface area contributed by atoms with Crippen molar-refractivity contribution in [3.63, 3.8) is 0 Å². The van der Waals surface area contributed by atoms with Crippen LogP contribution in [0, 0.1) is 0 Å². The highest BCUT2D eigenvalue weighted by Crippen LogP contribution is 2.29. The predicted molar refractivity (Wildman–Crippen MR) is 81.2 cm³/mol. The zero-order valence-corrected chi connectivity index (χ0v) is 13.1. The number of benzene rings is 1. The average Bonchev–Trinajstić information content (AvgIpc) is 2.47. The van der Waals surface area contributed by atoms with Crippen LogP contribution in [0.15, 0.2) is 18.2 Å². The van der Waals surface area contributed by atoms with Gasteiger partial charge in [0.1, 0.15) is 0 Å². The Hall–Kier alpha value is -2.28. The molecule has 7 nitrogen and oxygen atoms in total. The zero-order valence-electron chi connectivity index (χ0n) is 13.1. The lowest BCUT2D eigenvalue weighted by molar-refractivity contribution is -0.159. The maximum Gasteiger partial charge on any atom is 0.414 e. The molecule has 7 heteroatoms. The van der Waals surface area contributed by atoms with Crippen molar-refractivity contribution in [3.05, 3.63) is 23.8 Å². The van der Waals surface area contributed by atoms with E-state index < -0.39 is 11.9 Å². The molecule has 0 fully saturated rings. The fourth-order valence-electron chi connectivity index (χ4n) is 1.66. The molecule has 3 N–H and O–H groups in total. The summed E-state index contributed by atoms with van der Waals surface area (Å²) in [6, 6.07) is 5.60. The summed E-state index contributed by atoms with van der Waals surface area (Å²) in [6.07, 6.45) is 2.37. The number of hydrogen-bond donors (Lipinski definition) is 3. The van der Waals surface area contributed by atoms with E-state index in [1.54, 1.807) is 13.2 Å². The van der Waals surface area contributed by atoms with Crippen LogP contribution >= 0.6 is 0 Å². The van der Waals surface area contributed by atoms with Crippen LogP contribution in [0.2, 0.25) is 0 Å². The van der Waals surface area contributed by atoms with Crippen molar-refractivity contribution in [2.75, 3.05) is 20.7 Å². The summed E-state index contributed by atoms with van der Waals surface area (Å²) in [5.41, 5.74) is 0.915. The van der Waals surface area contributed by atoms with E-state index in [1.165, 1.54) is 12.8 Å². The smallest absolute Gasteiger partial charge is 0.414 e. The number of phenolic OH excluding ortho intramolecular Hbond substituents is 1. The number of rotatable bonds is 6. The minimum Gasteiger partial charge on any atom is -0.504 e. The molecule has 0 saturated carbocycles. The molecule has 1 rings (SSSR count). The maximum atomic E-state index is 9.91. The molecule has 0 unspecified atom stereocenters. The summed E-state index contributed by atoms with van der Waals surface area (Å²) in [5, 5.41) is 24.7. The third-order valence-electron chi connectivity index (χ3n) is 2.82. The molecule has 0 aromatic heterocycles. The average molecular weight is 313 g/mol. The van der Waals surface area contributed by atoms with Crippen molar-refractivity contribution in [2.45, 2.75) is 26.3 Å². The van der Waals surface area contributed by atoms with E-state index in [0.717, 1.165) is 18.7 Å². The summed E-state index contributed by atoms with van der Waals surface area (Å²) in [5.74, 6) is -2.85. The van der Waals surface area contributed by atoms with Gasteiger partial charge in [-0.2, -0.15) is 0 Å². The lowest BCUT2D eigenvalue weighted by Crippen LogP contribution is -2.19. The van der Waals surface area contributed by atoms with Crippen molar-refractivity contribution in [1.29, 1.82) is 0 Å². The van der Waals surface area contributed by atoms with E-state index in [0.29, 0.717) is 5.75 Å². The second-order valence-corrected chi connectivity index (χ2v) is 4.67. The summed E-state index contributed by atoms with van der Waals surface area (Å²) in [7, 11) is 3.63. The van der Waals surface area contributed by atoms with E-state index in [-0.39, 0.29) is 5.75 Å². The van der Waals surface area contributed by atoms with Crippen LogP contribution < -0.4 is 4.74 Å². The number of para-hydroxylation sites is 1. The van der Waals surface area contributed by atoms with Gasteiger partial charge in [-0.25, -0.2) is 9.59 Å². The number of carbonyl (C=O) groups is 2. The molecule has 0 aliphatic heterocycles. The Kier molecular flexibility index (Phi) is 9.36. The minimum atomic E-state index is -1.82. The van der Waals surface area contributed by atoms with E-state index in [4.69, 9.17) is 24.5 Å². The Morgan fingerprint density at radius 2 is 1.82 bits per heavy atom. The molecule has 0 saturated heterocycles. The summed E-state index contributed by atoms with van der Waals surface area (Å²) in [6.45, 7) is 3.98. The second kappa shape index (κ2) is 10.4. The van der Waals surface area contributed by atoms with Crippen molar-refractivity contribution in [3.8, 4) is 11.5 Å². The highest BCUT2D eigenvalue weighted by Gasteiger charge is 2.08. The molecule has 0 aliphatic rings. The van der Waals surface area contributed by atoms with Crippen molar-refractivity contribution >= 4 is 11.9 Å². The molecular formula is C15H23NO6. The van der Waals surface area contributed by atoms with E-state index in [9.17, 15) is 5.11 Å². The highest BCUT2D eigenvalue weighted by molar-refractivity contribution is 6.27. The first-order valence-corrected chi connectivity index (χ1v) is 6.83. The Bertz CT molecular complexity index is 477. The van der Waals surface area contributed by atoms with Gasteiger partial charge < -0.3 is 25.0 Å². The van der Waals surface area contributed by atoms with Crippen molar-refractivity contribution < 1.29 is 29.6 Å². The first-order valence-electron chi connectivity index (χ1n) is 6.83. The van der Waals surface area contributed by atoms with Crippen molar-refractivity contribution in [1.82, 2.24) is 4.90 Å². The first-order chi connectivity index (χ1) is 10.3. The number of phenols is 1. The van der Waals surface area contributed by atoms with Gasteiger partial charge in [-0.3, -0.25) is 0 Å². The number of unbranched alkanes of at least 4 members (excludes halogenated alkanes) is 1. The molecule has 0 radical (unpaired) electrons. The van der Waals surface area contributed by atoms with Gasteiger partial charge in [0.05, 0.1) is 7.11 Å². The van der Waals surface area contributed by atoms with Crippen LogP contribution in [0.3, 0.4) is 0 Å². The number of nitrogens with zero attached hydrogens (tertiary/aromatic N) is 1. The van der Waals surface area contributed by atoms with Gasteiger partial charge in [0.25, 0.3) is 0 Å². The van der Waals surface area contributed by atoms with Gasteiger partial charge in [0.15, 0.2) is 11.5 Å². The largest absolute Gasteiger partial charge is 0.504 e. The molecule has 22 heavy (non-hydrogen) atoms. The molecule has 0 spiro atoms. The number of hydrogen-bond acceptors (Lipinski definition) is 5. The van der Waals surface area contributed by atoms with Crippen LogP contribution in [0.4, 0.5) is 0 Å². The van der Waals surface area contributed by atoms with Crippen LogP contribution in [-0.4, -0.2) is 52.9 Å². The van der Waals surface area contributed by atoms with Crippen LogP contribution in [-0.2, 0) is 16.1 Å². The topological polar surface area (TPSA) is 107 Å². The van der Waals surface area contributed by atoms with E-state index >= 15 is 0 Å². The normalized spacial score (nSPS) is 9.82. The fraction of sp³-hybridized carbons (Fsp3) is 0.467. The molecule has 1 aromatic rings. The fourth-order valence-corrected chi connectivity index (χ4v) is 1.66. The number of methoxy groups -OCH3 is 1. The SMILES string of the molecule is CCCCN(C)Cc1cccc(OC)c1O.O=C(O)C(=O)O. The number of carboxylic acid groups (broad SMARTS) is 2. The van der Waals surface area contributed by atoms with Gasteiger partial charge in [0, 0.05) is 12.1 Å². The van der Waals surface area contributed by atoms with Gasteiger partial charge in [-0.05, 0) is 26.1 Å². The molecule has 0 aliphatic carbocycles. The minimum absolute atomic E-state index is 0.258. The quantitative estimate of drug-likeness (QED) is 0.687. The second-order valence-electron chi connectivity index (χ2n) is 4.67. The Morgan fingerprint density at radius 3 is 2.27 bits per heavy atom. The van der Waals surface area contributed by atoms with Gasteiger partial charge in [-0.15, -0.1) is 0 Å². The van der Waals surface area contributed by atoms with E-state index in [1.807, 2.05) is 12.1 Å². The van der Waals surface area contributed by atoms with Gasteiger partial charge in [-0.1, -0.05) is 25.5 Å². The molecule has 0 bridgehead atoms. The Morgan fingerprint density at radius 1 is 1.23 bits per heavy atom. The standard InChI is InChI=1S/C13H21NO2.C2H2O4/c1-4-5-9-14(2)10-11-7-6-8-12(16-3)13(11)15;3-1(4)2(5)6/h6-8,15H,4-5,9-10H2,1-3H3;(H,3,4)(H,5,6). The molecular weight excluding hydrogens is 290 g/mol. The number of aliphatic carboxylic acids is 2. The Balaban J connectivity index is 0.000000626. The van der Waals surface area contributed by atoms with Crippen LogP contribution in [0.25, 0.3) is 0 Å². The summed E-state index contributed by atoms with van der Waals surface area (Å²) >= 11 is 0. The van der Waals surface area contributed by atoms with Gasteiger partial charge >= 0.3 is 11.9 Å². The molecule has 124 valence electrons.